The molecule has 4 rings (SSSR count). The van der Waals surface area contributed by atoms with Crippen molar-refractivity contribution in [2.24, 2.45) is 0 Å². The summed E-state index contributed by atoms with van der Waals surface area (Å²) in [6, 6.07) is 3.26. The molecule has 0 saturated heterocycles. The third kappa shape index (κ3) is 3.63. The van der Waals surface area contributed by atoms with Gasteiger partial charge in [0.1, 0.15) is 10.7 Å². The Hall–Kier alpha value is -2.78. The maximum absolute atomic E-state index is 12.3. The van der Waals surface area contributed by atoms with Gasteiger partial charge in [0.05, 0.1) is 16.8 Å². The van der Waals surface area contributed by atoms with Crippen LogP contribution in [0.5, 0.6) is 11.5 Å². The number of hydrogen-bond donors (Lipinski definition) is 3. The van der Waals surface area contributed by atoms with Crippen molar-refractivity contribution in [2.45, 2.75) is 26.7 Å². The first kappa shape index (κ1) is 20.0. The van der Waals surface area contributed by atoms with Crippen molar-refractivity contribution in [1.82, 2.24) is 9.97 Å². The minimum absolute atomic E-state index is 0. The van der Waals surface area contributed by atoms with Crippen LogP contribution in [0.2, 0.25) is 0 Å². The van der Waals surface area contributed by atoms with E-state index in [0.29, 0.717) is 45.3 Å². The van der Waals surface area contributed by atoms with Gasteiger partial charge in [-0.1, -0.05) is 0 Å². The second-order valence-corrected chi connectivity index (χ2v) is 7.52. The average molecular weight is 423 g/mol. The number of nitrogens with two attached hydrogens (primary N) is 1. The molecule has 0 spiro atoms. The molecule has 3 heterocycles. The number of aromatic nitrogens is 2. The van der Waals surface area contributed by atoms with Gasteiger partial charge in [-0.2, -0.15) is 0 Å². The molecule has 0 aliphatic carbocycles. The molecule has 2 aromatic heterocycles. The quantitative estimate of drug-likeness (QED) is 0.556. The number of rotatable bonds is 4. The normalized spacial score (nSPS) is 12.1. The van der Waals surface area contributed by atoms with Crippen LogP contribution in [0.4, 0.5) is 11.4 Å². The number of hydrogen-bond acceptors (Lipinski definition) is 7. The number of nitrogens with zero attached hydrogens (tertiary/aromatic N) is 1. The Bertz CT molecular complexity index is 1120. The zero-order valence-corrected chi connectivity index (χ0v) is 16.9. The number of nitrogen functional groups attached to an aromatic ring is 1. The van der Waals surface area contributed by atoms with Crippen molar-refractivity contribution in [2.75, 3.05) is 17.8 Å². The highest BCUT2D eigenvalue weighted by Crippen LogP contribution is 2.38. The van der Waals surface area contributed by atoms with E-state index in [2.05, 4.69) is 15.3 Å². The molecular formula is C18H19ClN4O4S. The smallest absolute Gasteiger partial charge is 0.259 e. The van der Waals surface area contributed by atoms with E-state index < -0.39 is 0 Å². The third-order valence-electron chi connectivity index (χ3n) is 4.50. The highest BCUT2D eigenvalue weighted by molar-refractivity contribution is 7.18. The summed E-state index contributed by atoms with van der Waals surface area (Å²) in [5.74, 6) is 1.35. The van der Waals surface area contributed by atoms with Crippen LogP contribution in [-0.4, -0.2) is 22.7 Å². The zero-order chi connectivity index (χ0) is 19.1. The molecule has 1 aliphatic heterocycles. The van der Waals surface area contributed by atoms with E-state index >= 15 is 0 Å². The first-order chi connectivity index (χ1) is 12.9. The molecule has 1 amide bonds. The van der Waals surface area contributed by atoms with Gasteiger partial charge in [0.25, 0.3) is 5.56 Å². The van der Waals surface area contributed by atoms with Crippen molar-refractivity contribution >= 4 is 51.2 Å². The first-order valence-electron chi connectivity index (χ1n) is 8.40. The van der Waals surface area contributed by atoms with E-state index in [1.165, 1.54) is 11.3 Å². The van der Waals surface area contributed by atoms with Gasteiger partial charge in [-0.05, 0) is 19.4 Å². The number of benzene rings is 1. The Morgan fingerprint density at radius 3 is 2.79 bits per heavy atom. The molecule has 0 bridgehead atoms. The lowest BCUT2D eigenvalue weighted by molar-refractivity contribution is -0.116. The lowest BCUT2D eigenvalue weighted by Crippen LogP contribution is -2.16. The minimum Gasteiger partial charge on any atom is -0.454 e. The second-order valence-electron chi connectivity index (χ2n) is 6.32. The number of H-pyrrole nitrogens is 1. The number of carbonyl (C=O) groups excluding carboxylic acids is 1. The number of anilines is 2. The third-order valence-corrected chi connectivity index (χ3v) is 5.60. The summed E-state index contributed by atoms with van der Waals surface area (Å²) in [7, 11) is 0. The zero-order valence-electron chi connectivity index (χ0n) is 15.3. The maximum Gasteiger partial charge on any atom is 0.259 e. The van der Waals surface area contributed by atoms with Crippen molar-refractivity contribution < 1.29 is 14.3 Å². The van der Waals surface area contributed by atoms with Crippen LogP contribution in [0.3, 0.4) is 0 Å². The Morgan fingerprint density at radius 2 is 2.04 bits per heavy atom. The SMILES string of the molecule is Cc1sc2nc(CCC(=O)Nc3cc4c(cc3N)OCO4)[nH]c(=O)c2c1C.Cl. The Morgan fingerprint density at radius 1 is 1.32 bits per heavy atom. The number of thiophene rings is 1. The predicted molar refractivity (Wildman–Crippen MR) is 111 cm³/mol. The van der Waals surface area contributed by atoms with E-state index in [0.717, 1.165) is 10.4 Å². The van der Waals surface area contributed by atoms with E-state index in [-0.39, 0.29) is 37.1 Å². The molecule has 0 radical (unpaired) electrons. The summed E-state index contributed by atoms with van der Waals surface area (Å²) in [6.45, 7) is 4.01. The molecule has 0 fully saturated rings. The van der Waals surface area contributed by atoms with Gasteiger partial charge in [0.15, 0.2) is 11.5 Å². The van der Waals surface area contributed by atoms with Crippen molar-refractivity contribution in [1.29, 1.82) is 0 Å². The van der Waals surface area contributed by atoms with Gasteiger partial charge >= 0.3 is 0 Å². The van der Waals surface area contributed by atoms with E-state index in [9.17, 15) is 9.59 Å². The number of fused-ring (bicyclic) bond motifs is 2. The standard InChI is InChI=1S/C18H18N4O4S.ClH/c1-8-9(2)27-18-16(8)17(24)21-14(22-18)3-4-15(23)20-11-6-13-12(5-10(11)19)25-7-26-13;/h5-6H,3-4,7,19H2,1-2H3,(H,20,23)(H,21,22,24);1H. The predicted octanol–water partition coefficient (Wildman–Crippen LogP) is 2.91. The fourth-order valence-electron chi connectivity index (χ4n) is 2.93. The summed E-state index contributed by atoms with van der Waals surface area (Å²) in [6.07, 6.45) is 0.475. The number of ether oxygens (including phenoxy) is 2. The molecule has 0 atom stereocenters. The van der Waals surface area contributed by atoms with Crippen LogP contribution in [0, 0.1) is 13.8 Å². The molecule has 1 aromatic carbocycles. The summed E-state index contributed by atoms with van der Waals surface area (Å²) < 4.78 is 10.5. The molecule has 148 valence electrons. The first-order valence-corrected chi connectivity index (χ1v) is 9.22. The van der Waals surface area contributed by atoms with Gasteiger partial charge in [-0.3, -0.25) is 9.59 Å². The molecule has 0 saturated carbocycles. The number of halogens is 1. The van der Waals surface area contributed by atoms with E-state index in [1.807, 2.05) is 13.8 Å². The van der Waals surface area contributed by atoms with Gasteiger partial charge < -0.3 is 25.5 Å². The molecule has 4 N–H and O–H groups in total. The van der Waals surface area contributed by atoms with Crippen molar-refractivity contribution in [3.8, 4) is 11.5 Å². The molecule has 3 aromatic rings. The van der Waals surface area contributed by atoms with Crippen LogP contribution >= 0.6 is 23.7 Å². The molecule has 0 unspecified atom stereocenters. The lowest BCUT2D eigenvalue weighted by Gasteiger charge is -2.09. The molecule has 28 heavy (non-hydrogen) atoms. The number of aryl methyl sites for hydroxylation is 3. The summed E-state index contributed by atoms with van der Waals surface area (Å²) in [5, 5.41) is 3.38. The van der Waals surface area contributed by atoms with Crippen molar-refractivity contribution in [3.63, 3.8) is 0 Å². The summed E-state index contributed by atoms with van der Waals surface area (Å²) >= 11 is 1.48. The largest absolute Gasteiger partial charge is 0.454 e. The number of amides is 1. The fourth-order valence-corrected chi connectivity index (χ4v) is 3.98. The van der Waals surface area contributed by atoms with Crippen LogP contribution < -0.4 is 26.1 Å². The van der Waals surface area contributed by atoms with Gasteiger partial charge in [0.2, 0.25) is 12.7 Å². The second kappa shape index (κ2) is 7.69. The number of carbonyl (C=O) groups is 1. The summed E-state index contributed by atoms with van der Waals surface area (Å²) in [5.41, 5.74) is 7.58. The van der Waals surface area contributed by atoms with Gasteiger partial charge in [0, 0.05) is 29.9 Å². The minimum atomic E-state index is -0.234. The topological polar surface area (TPSA) is 119 Å². The molecular weight excluding hydrogens is 404 g/mol. The van der Waals surface area contributed by atoms with Crippen LogP contribution in [0.1, 0.15) is 22.7 Å². The maximum atomic E-state index is 12.3. The monoisotopic (exact) mass is 422 g/mol. The number of aromatic amines is 1. The molecule has 8 nitrogen and oxygen atoms in total. The average Bonchev–Trinajstić information content (AvgIpc) is 3.17. The van der Waals surface area contributed by atoms with E-state index in [1.54, 1.807) is 12.1 Å². The number of nitrogens with one attached hydrogen (secondary N) is 2. The molecule has 10 heteroatoms. The molecule has 1 aliphatic rings. The Balaban J connectivity index is 0.00000225. The van der Waals surface area contributed by atoms with Crippen LogP contribution in [-0.2, 0) is 11.2 Å². The summed E-state index contributed by atoms with van der Waals surface area (Å²) in [4.78, 5) is 33.6. The Kier molecular flexibility index (Phi) is 5.48. The fraction of sp³-hybridized carbons (Fsp3) is 0.278. The highest BCUT2D eigenvalue weighted by atomic mass is 35.5. The van der Waals surface area contributed by atoms with Crippen LogP contribution in [0.15, 0.2) is 16.9 Å². The van der Waals surface area contributed by atoms with Crippen LogP contribution in [0.25, 0.3) is 10.2 Å². The van der Waals surface area contributed by atoms with Crippen molar-refractivity contribution in [3.05, 3.63) is 38.8 Å². The Labute approximate surface area is 170 Å². The highest BCUT2D eigenvalue weighted by Gasteiger charge is 2.18. The lowest BCUT2D eigenvalue weighted by atomic mass is 10.2. The van der Waals surface area contributed by atoms with Gasteiger partial charge in [-0.25, -0.2) is 4.98 Å². The van der Waals surface area contributed by atoms with Gasteiger partial charge in [-0.15, -0.1) is 23.7 Å². The van der Waals surface area contributed by atoms with E-state index in [4.69, 9.17) is 15.2 Å².